The summed E-state index contributed by atoms with van der Waals surface area (Å²) in [6.45, 7) is 6.53. The predicted octanol–water partition coefficient (Wildman–Crippen LogP) is -6.98. The van der Waals surface area contributed by atoms with Crippen LogP contribution in [0.5, 0.6) is 0 Å². The summed E-state index contributed by atoms with van der Waals surface area (Å²) >= 11 is 0. The highest BCUT2D eigenvalue weighted by Crippen LogP contribution is 2.55. The Bertz CT molecular complexity index is 445. The number of urea groups is 1. The molecule has 5 nitrogen and oxygen atoms in total. The number of carbonyl (C=O) groups is 1. The number of hydrogen-bond acceptors (Lipinski definition) is 1. The lowest BCUT2D eigenvalue weighted by Crippen LogP contribution is -3.19. The Balaban J connectivity index is 0.00000121. The molecule has 5 aliphatic rings. The summed E-state index contributed by atoms with van der Waals surface area (Å²) in [5, 5.41) is 3.53. The van der Waals surface area contributed by atoms with Crippen molar-refractivity contribution in [1.82, 2.24) is 10.2 Å². The molecule has 2 amide bonds. The second-order valence-electron chi connectivity index (χ2n) is 9.57. The minimum atomic E-state index is 0. The first kappa shape index (κ1) is 22.1. The largest absolute Gasteiger partial charge is 1.00 e. The third kappa shape index (κ3) is 4.78. The van der Waals surface area contributed by atoms with E-state index in [2.05, 4.69) is 24.3 Å². The van der Waals surface area contributed by atoms with E-state index in [0.29, 0.717) is 0 Å². The maximum atomic E-state index is 12.9. The van der Waals surface area contributed by atoms with Gasteiger partial charge in [-0.15, -0.1) is 0 Å². The molecule has 26 heavy (non-hydrogen) atoms. The maximum Gasteiger partial charge on any atom is 0.318 e. The van der Waals surface area contributed by atoms with Crippen molar-refractivity contribution in [3.63, 3.8) is 0 Å². The Morgan fingerprint density at radius 2 is 1.54 bits per heavy atom. The van der Waals surface area contributed by atoms with Crippen LogP contribution in [-0.4, -0.2) is 69.8 Å². The van der Waals surface area contributed by atoms with Crippen LogP contribution in [0.3, 0.4) is 0 Å². The van der Waals surface area contributed by atoms with Crippen LogP contribution in [0.25, 0.3) is 0 Å². The standard InChI is InChI=1S/C19H34N4O.2ClH/c1-21(2)3-4-22-5-7-23(8-6-22)18(24)20-19-12-15-9-16(13-19)11-17(10-15)14-19;;/h15-17H,3-14H2,1-2H3,(H,20,24);2*1H. The summed E-state index contributed by atoms with van der Waals surface area (Å²) in [6.07, 6.45) is 8.06. The molecule has 7 heteroatoms. The molecule has 1 heterocycles. The molecule has 1 saturated heterocycles. The lowest BCUT2D eigenvalue weighted by atomic mass is 9.53. The SMILES string of the molecule is C[NH+](C)CC[NH+]1CCN(C(=O)NC23CC4CC(CC(C4)C2)C3)CC1.[Cl-].[Cl-]. The lowest BCUT2D eigenvalue weighted by Gasteiger charge is -2.57. The summed E-state index contributed by atoms with van der Waals surface area (Å²) in [6, 6.07) is 0.231. The maximum absolute atomic E-state index is 12.9. The molecule has 0 unspecified atom stereocenters. The second kappa shape index (κ2) is 8.85. The first-order valence-corrected chi connectivity index (χ1v) is 10.2. The van der Waals surface area contributed by atoms with Gasteiger partial charge in [-0.25, -0.2) is 4.79 Å². The summed E-state index contributed by atoms with van der Waals surface area (Å²) in [5.74, 6) is 2.68. The van der Waals surface area contributed by atoms with E-state index in [1.807, 2.05) is 0 Å². The molecule has 4 aliphatic carbocycles. The van der Waals surface area contributed by atoms with Gasteiger partial charge in [-0.1, -0.05) is 0 Å². The molecule has 0 aromatic heterocycles. The number of amides is 2. The van der Waals surface area contributed by atoms with Gasteiger partial charge < -0.3 is 44.8 Å². The van der Waals surface area contributed by atoms with Crippen molar-refractivity contribution in [1.29, 1.82) is 0 Å². The molecule has 3 N–H and O–H groups in total. The molecule has 0 aromatic carbocycles. The number of nitrogens with zero attached hydrogens (tertiary/aromatic N) is 1. The second-order valence-corrected chi connectivity index (χ2v) is 9.57. The minimum Gasteiger partial charge on any atom is -1.00 e. The van der Waals surface area contributed by atoms with Crippen LogP contribution in [-0.2, 0) is 0 Å². The van der Waals surface area contributed by atoms with Crippen molar-refractivity contribution in [3.05, 3.63) is 0 Å². The zero-order valence-corrected chi connectivity index (χ0v) is 17.8. The average Bonchev–Trinajstić information content (AvgIpc) is 2.51. The molecule has 1 aliphatic heterocycles. The zero-order valence-electron chi connectivity index (χ0n) is 16.3. The van der Waals surface area contributed by atoms with Crippen LogP contribution in [0.15, 0.2) is 0 Å². The molecular formula is C19H36Cl2N4O. The number of rotatable bonds is 4. The molecule has 4 saturated carbocycles. The number of nitrogens with one attached hydrogen (secondary N) is 3. The Morgan fingerprint density at radius 3 is 2.00 bits per heavy atom. The average molecular weight is 407 g/mol. The third-order valence-corrected chi connectivity index (χ3v) is 7.15. The highest BCUT2D eigenvalue weighted by atomic mass is 35.5. The Hall–Kier alpha value is -0.230. The fourth-order valence-electron chi connectivity index (χ4n) is 6.27. The number of piperazine rings is 1. The van der Waals surface area contributed by atoms with Gasteiger partial charge in [0.15, 0.2) is 0 Å². The zero-order chi connectivity index (χ0) is 16.7. The van der Waals surface area contributed by atoms with Crippen LogP contribution < -0.4 is 39.9 Å². The minimum absolute atomic E-state index is 0. The molecule has 5 fully saturated rings. The van der Waals surface area contributed by atoms with Crippen LogP contribution >= 0.6 is 0 Å². The topological polar surface area (TPSA) is 41.2 Å². The first-order valence-electron chi connectivity index (χ1n) is 10.2. The van der Waals surface area contributed by atoms with E-state index < -0.39 is 0 Å². The fourth-order valence-corrected chi connectivity index (χ4v) is 6.27. The highest BCUT2D eigenvalue weighted by molar-refractivity contribution is 5.75. The molecule has 0 radical (unpaired) electrons. The number of likely N-dealkylation sites (N-methyl/N-ethyl adjacent to an activating group) is 1. The van der Waals surface area contributed by atoms with Crippen molar-refractivity contribution < 1.29 is 39.4 Å². The van der Waals surface area contributed by atoms with E-state index in [1.54, 1.807) is 4.90 Å². The number of quaternary nitrogens is 2. The van der Waals surface area contributed by atoms with Gasteiger partial charge in [0.25, 0.3) is 0 Å². The Kier molecular flexibility index (Phi) is 7.51. The number of carbonyl (C=O) groups excluding carboxylic acids is 1. The number of hydrogen-bond donors (Lipinski definition) is 3. The van der Waals surface area contributed by atoms with E-state index in [9.17, 15) is 4.79 Å². The van der Waals surface area contributed by atoms with E-state index in [4.69, 9.17) is 0 Å². The van der Waals surface area contributed by atoms with Crippen molar-refractivity contribution >= 4 is 6.03 Å². The Morgan fingerprint density at radius 1 is 1.04 bits per heavy atom. The van der Waals surface area contributed by atoms with Crippen LogP contribution in [0, 0.1) is 17.8 Å². The number of halogens is 2. The highest BCUT2D eigenvalue weighted by Gasteiger charge is 2.51. The van der Waals surface area contributed by atoms with Gasteiger partial charge in [0.05, 0.1) is 40.3 Å². The summed E-state index contributed by atoms with van der Waals surface area (Å²) in [7, 11) is 4.43. The van der Waals surface area contributed by atoms with Crippen LogP contribution in [0.4, 0.5) is 4.79 Å². The van der Waals surface area contributed by atoms with Gasteiger partial charge in [-0.3, -0.25) is 0 Å². The van der Waals surface area contributed by atoms with E-state index in [0.717, 1.165) is 43.9 Å². The monoisotopic (exact) mass is 406 g/mol. The van der Waals surface area contributed by atoms with Gasteiger partial charge in [0.2, 0.25) is 0 Å². The normalized spacial score (nSPS) is 35.8. The molecule has 4 bridgehead atoms. The quantitative estimate of drug-likeness (QED) is 0.426. The van der Waals surface area contributed by atoms with Gasteiger partial charge in [0.1, 0.15) is 13.1 Å². The molecule has 5 rings (SSSR count). The van der Waals surface area contributed by atoms with Crippen LogP contribution in [0.1, 0.15) is 38.5 Å². The molecule has 0 aromatic rings. The van der Waals surface area contributed by atoms with E-state index in [-0.39, 0.29) is 36.4 Å². The lowest BCUT2D eigenvalue weighted by molar-refractivity contribution is -0.943. The van der Waals surface area contributed by atoms with Gasteiger partial charge in [-0.05, 0) is 56.3 Å². The molecule has 152 valence electrons. The summed E-state index contributed by atoms with van der Waals surface area (Å²) in [4.78, 5) is 18.1. The van der Waals surface area contributed by atoms with Gasteiger partial charge in [0, 0.05) is 5.54 Å². The van der Waals surface area contributed by atoms with Gasteiger partial charge in [-0.2, -0.15) is 0 Å². The van der Waals surface area contributed by atoms with Crippen molar-refractivity contribution in [3.8, 4) is 0 Å². The smallest absolute Gasteiger partial charge is 0.318 e. The van der Waals surface area contributed by atoms with Crippen molar-refractivity contribution in [2.75, 3.05) is 53.4 Å². The van der Waals surface area contributed by atoms with E-state index >= 15 is 0 Å². The molecule has 0 atom stereocenters. The first-order chi connectivity index (χ1) is 11.5. The van der Waals surface area contributed by atoms with Crippen LogP contribution in [0.2, 0.25) is 0 Å². The van der Waals surface area contributed by atoms with E-state index in [1.165, 1.54) is 56.5 Å². The van der Waals surface area contributed by atoms with Crippen molar-refractivity contribution in [2.45, 2.75) is 44.1 Å². The summed E-state index contributed by atoms with van der Waals surface area (Å²) in [5.41, 5.74) is 0.157. The van der Waals surface area contributed by atoms with Crippen molar-refractivity contribution in [2.24, 2.45) is 17.8 Å². The Labute approximate surface area is 171 Å². The summed E-state index contributed by atoms with van der Waals surface area (Å²) < 4.78 is 0. The molecular weight excluding hydrogens is 371 g/mol. The predicted molar refractivity (Wildman–Crippen MR) is 94.2 cm³/mol. The third-order valence-electron chi connectivity index (χ3n) is 7.15. The van der Waals surface area contributed by atoms with Gasteiger partial charge >= 0.3 is 6.03 Å². The fraction of sp³-hybridized carbons (Fsp3) is 0.947. The molecule has 0 spiro atoms.